The highest BCUT2D eigenvalue weighted by atomic mass is 16.3. The van der Waals surface area contributed by atoms with E-state index in [4.69, 9.17) is 0 Å². The number of aliphatic hydroxyl groups is 1. The van der Waals surface area contributed by atoms with Crippen molar-refractivity contribution in [2.45, 2.75) is 37.8 Å². The maximum absolute atomic E-state index is 12.4. The third-order valence-corrected chi connectivity index (χ3v) is 5.64. The van der Waals surface area contributed by atoms with Crippen LogP contribution in [0.4, 0.5) is 0 Å². The van der Waals surface area contributed by atoms with Gasteiger partial charge in [-0.25, -0.2) is 0 Å². The van der Waals surface area contributed by atoms with Gasteiger partial charge in [-0.05, 0) is 43.2 Å². The summed E-state index contributed by atoms with van der Waals surface area (Å²) in [6.45, 7) is -0.418. The molecule has 2 aliphatic carbocycles. The number of aromatic nitrogens is 1. The second-order valence-electron chi connectivity index (χ2n) is 7.27. The van der Waals surface area contributed by atoms with Gasteiger partial charge in [-0.2, -0.15) is 0 Å². The predicted octanol–water partition coefficient (Wildman–Crippen LogP) is 1.56. The van der Waals surface area contributed by atoms with Gasteiger partial charge in [0, 0.05) is 16.9 Å². The molecule has 6 heteroatoms. The molecule has 2 aromatic rings. The number of carbonyl (C=O) groups excluding carboxylic acids is 2. The first-order chi connectivity index (χ1) is 12.1. The van der Waals surface area contributed by atoms with Gasteiger partial charge in [0.1, 0.15) is 11.7 Å². The molecular formula is C19H23N3O3. The van der Waals surface area contributed by atoms with Crippen LogP contribution >= 0.6 is 0 Å². The second-order valence-corrected chi connectivity index (χ2v) is 7.27. The highest BCUT2D eigenvalue weighted by Gasteiger charge is 2.40. The Balaban J connectivity index is 1.40. The van der Waals surface area contributed by atoms with E-state index in [-0.39, 0.29) is 11.9 Å². The number of hydrogen-bond donors (Lipinski definition) is 4. The molecule has 132 valence electrons. The molecule has 1 aromatic heterocycles. The average Bonchev–Trinajstić information content (AvgIpc) is 3.33. The summed E-state index contributed by atoms with van der Waals surface area (Å²) in [6.07, 6.45) is 4.64. The molecule has 4 rings (SSSR count). The van der Waals surface area contributed by atoms with E-state index >= 15 is 0 Å². The minimum Gasteiger partial charge on any atom is -0.394 e. The van der Waals surface area contributed by atoms with Crippen LogP contribution in [0, 0.1) is 11.8 Å². The van der Waals surface area contributed by atoms with E-state index in [1.165, 1.54) is 19.3 Å². The lowest BCUT2D eigenvalue weighted by molar-refractivity contribution is -0.124. The van der Waals surface area contributed by atoms with Crippen molar-refractivity contribution in [3.8, 4) is 0 Å². The summed E-state index contributed by atoms with van der Waals surface area (Å²) < 4.78 is 0. The van der Waals surface area contributed by atoms with Crippen molar-refractivity contribution in [2.24, 2.45) is 11.8 Å². The molecule has 2 fully saturated rings. The Bertz CT molecular complexity index is 767. The van der Waals surface area contributed by atoms with Gasteiger partial charge in [-0.15, -0.1) is 0 Å². The summed E-state index contributed by atoms with van der Waals surface area (Å²) >= 11 is 0. The highest BCUT2D eigenvalue weighted by Crippen LogP contribution is 2.44. The Labute approximate surface area is 146 Å². The van der Waals surface area contributed by atoms with Crippen LogP contribution in [0.3, 0.4) is 0 Å². The van der Waals surface area contributed by atoms with Crippen LogP contribution in [0.2, 0.25) is 0 Å². The molecule has 4 N–H and O–H groups in total. The standard InChI is InChI=1S/C19H23N3O3/c23-10-17(19(25)21-15-8-11-5-6-13(15)7-11)22-18(24)16-9-12-3-1-2-4-14(12)20-16/h1-4,9,11,13,15,17,20,23H,5-8,10H2,(H,21,25)(H,22,24)/t11?,13?,15?,17-/m0/s1. The molecule has 2 amide bonds. The number of amides is 2. The van der Waals surface area contributed by atoms with Gasteiger partial charge in [0.05, 0.1) is 6.61 Å². The van der Waals surface area contributed by atoms with Gasteiger partial charge < -0.3 is 20.7 Å². The van der Waals surface area contributed by atoms with Crippen LogP contribution in [-0.2, 0) is 4.79 Å². The summed E-state index contributed by atoms with van der Waals surface area (Å²) in [5, 5.41) is 16.1. The van der Waals surface area contributed by atoms with E-state index in [9.17, 15) is 14.7 Å². The van der Waals surface area contributed by atoms with E-state index in [0.717, 1.165) is 23.2 Å². The van der Waals surface area contributed by atoms with Crippen molar-refractivity contribution in [1.82, 2.24) is 15.6 Å². The number of aromatic amines is 1. The lowest BCUT2D eigenvalue weighted by Crippen LogP contribution is -2.52. The van der Waals surface area contributed by atoms with Crippen LogP contribution in [0.15, 0.2) is 30.3 Å². The summed E-state index contributed by atoms with van der Waals surface area (Å²) in [4.78, 5) is 27.9. The Hall–Kier alpha value is -2.34. The molecule has 2 saturated carbocycles. The summed E-state index contributed by atoms with van der Waals surface area (Å²) in [6, 6.07) is 8.58. The Morgan fingerprint density at radius 1 is 1.24 bits per heavy atom. The van der Waals surface area contributed by atoms with Gasteiger partial charge >= 0.3 is 0 Å². The monoisotopic (exact) mass is 341 g/mol. The van der Waals surface area contributed by atoms with Gasteiger partial charge in [0.15, 0.2) is 0 Å². The van der Waals surface area contributed by atoms with Crippen LogP contribution in [0.5, 0.6) is 0 Å². The van der Waals surface area contributed by atoms with E-state index in [0.29, 0.717) is 11.6 Å². The summed E-state index contributed by atoms with van der Waals surface area (Å²) in [5.41, 5.74) is 1.24. The minimum absolute atomic E-state index is 0.185. The lowest BCUT2D eigenvalue weighted by atomic mass is 9.95. The van der Waals surface area contributed by atoms with Crippen LogP contribution in [0.25, 0.3) is 10.9 Å². The lowest BCUT2D eigenvalue weighted by Gasteiger charge is -2.25. The summed E-state index contributed by atoms with van der Waals surface area (Å²) in [5.74, 6) is 0.587. The molecule has 2 bridgehead atoms. The maximum atomic E-state index is 12.4. The first-order valence-corrected chi connectivity index (χ1v) is 8.94. The quantitative estimate of drug-likeness (QED) is 0.665. The normalized spacial score (nSPS) is 25.9. The fourth-order valence-corrected chi connectivity index (χ4v) is 4.33. The van der Waals surface area contributed by atoms with E-state index in [1.807, 2.05) is 24.3 Å². The fourth-order valence-electron chi connectivity index (χ4n) is 4.33. The largest absolute Gasteiger partial charge is 0.394 e. The van der Waals surface area contributed by atoms with Crippen LogP contribution in [0.1, 0.15) is 36.2 Å². The number of benzene rings is 1. The van der Waals surface area contributed by atoms with Gasteiger partial charge in [0.25, 0.3) is 5.91 Å². The molecule has 0 saturated heterocycles. The Morgan fingerprint density at radius 2 is 2.08 bits per heavy atom. The second kappa shape index (κ2) is 6.52. The zero-order chi connectivity index (χ0) is 17.4. The van der Waals surface area contributed by atoms with E-state index in [2.05, 4.69) is 15.6 Å². The van der Waals surface area contributed by atoms with Crippen molar-refractivity contribution >= 4 is 22.7 Å². The zero-order valence-electron chi connectivity index (χ0n) is 14.0. The van der Waals surface area contributed by atoms with Crippen LogP contribution < -0.4 is 10.6 Å². The van der Waals surface area contributed by atoms with Gasteiger partial charge in [-0.3, -0.25) is 9.59 Å². The SMILES string of the molecule is O=C(N[C@@H](CO)C(=O)NC1CC2CCC1C2)c1cc2ccccc2[nH]1. The highest BCUT2D eigenvalue weighted by molar-refractivity contribution is 6.00. The van der Waals surface area contributed by atoms with Crippen molar-refractivity contribution in [1.29, 1.82) is 0 Å². The fraction of sp³-hybridized carbons (Fsp3) is 0.474. The van der Waals surface area contributed by atoms with Crippen molar-refractivity contribution in [3.63, 3.8) is 0 Å². The molecule has 0 radical (unpaired) electrons. The first-order valence-electron chi connectivity index (χ1n) is 8.94. The number of rotatable bonds is 5. The number of hydrogen-bond acceptors (Lipinski definition) is 3. The molecular weight excluding hydrogens is 318 g/mol. The molecule has 4 atom stereocenters. The molecule has 2 aliphatic rings. The number of nitrogens with one attached hydrogen (secondary N) is 3. The third-order valence-electron chi connectivity index (χ3n) is 5.64. The van der Waals surface area contributed by atoms with E-state index in [1.54, 1.807) is 6.07 Å². The number of H-pyrrole nitrogens is 1. The summed E-state index contributed by atoms with van der Waals surface area (Å²) in [7, 11) is 0. The van der Waals surface area contributed by atoms with Gasteiger partial charge in [0.2, 0.25) is 5.91 Å². The minimum atomic E-state index is -0.932. The van der Waals surface area contributed by atoms with Gasteiger partial charge in [-0.1, -0.05) is 24.6 Å². The maximum Gasteiger partial charge on any atom is 0.268 e. The van der Waals surface area contributed by atoms with Crippen molar-refractivity contribution in [2.75, 3.05) is 6.61 Å². The number of carbonyl (C=O) groups is 2. The van der Waals surface area contributed by atoms with E-state index < -0.39 is 18.6 Å². The molecule has 0 spiro atoms. The van der Waals surface area contributed by atoms with Crippen LogP contribution in [-0.4, -0.2) is 40.6 Å². The third kappa shape index (κ3) is 3.14. The molecule has 6 nitrogen and oxygen atoms in total. The number of fused-ring (bicyclic) bond motifs is 3. The Morgan fingerprint density at radius 3 is 2.76 bits per heavy atom. The average molecular weight is 341 g/mol. The van der Waals surface area contributed by atoms with Crippen molar-refractivity contribution in [3.05, 3.63) is 36.0 Å². The molecule has 25 heavy (non-hydrogen) atoms. The molecule has 3 unspecified atom stereocenters. The topological polar surface area (TPSA) is 94.2 Å². The Kier molecular flexibility index (Phi) is 4.21. The molecule has 0 aliphatic heterocycles. The molecule has 1 heterocycles. The van der Waals surface area contributed by atoms with Crippen molar-refractivity contribution < 1.29 is 14.7 Å². The molecule has 1 aromatic carbocycles. The first kappa shape index (κ1) is 16.1. The smallest absolute Gasteiger partial charge is 0.268 e. The predicted molar refractivity (Wildman–Crippen MR) is 94.0 cm³/mol. The number of aliphatic hydroxyl groups excluding tert-OH is 1. The zero-order valence-corrected chi connectivity index (χ0v) is 14.0. The number of para-hydroxylation sites is 1.